The molecule has 3 heteroatoms. The molecular formula is C12H16O2S. The number of aryl methyl sites for hydroxylation is 1. The monoisotopic (exact) mass is 224 g/mol. The van der Waals surface area contributed by atoms with E-state index in [9.17, 15) is 4.79 Å². The minimum Gasteiger partial charge on any atom is -0.478 e. The summed E-state index contributed by atoms with van der Waals surface area (Å²) in [5, 5.41) is 8.71. The minimum absolute atomic E-state index is 0.356. The Balaban J connectivity index is 2.39. The lowest BCUT2D eigenvalue weighted by Gasteiger charge is -2.01. The van der Waals surface area contributed by atoms with Crippen LogP contribution in [0.15, 0.2) is 24.3 Å². The van der Waals surface area contributed by atoms with Gasteiger partial charge in [-0.25, -0.2) is 4.79 Å². The third-order valence-corrected chi connectivity index (χ3v) is 2.64. The highest BCUT2D eigenvalue weighted by Crippen LogP contribution is 2.09. The van der Waals surface area contributed by atoms with E-state index in [2.05, 4.69) is 12.6 Å². The molecule has 1 aromatic rings. The fraction of sp³-hybridized carbons (Fsp3) is 0.417. The number of hydrogen-bond acceptors (Lipinski definition) is 2. The molecule has 0 heterocycles. The van der Waals surface area contributed by atoms with Crippen LogP contribution in [0.4, 0.5) is 0 Å². The molecule has 82 valence electrons. The molecule has 0 atom stereocenters. The SMILES string of the molecule is O=C(O)c1ccc(CCCCCS)cc1. The molecule has 0 saturated carbocycles. The normalized spacial score (nSPS) is 10.2. The van der Waals surface area contributed by atoms with Gasteiger partial charge in [0.15, 0.2) is 0 Å². The first kappa shape index (κ1) is 12.1. The Morgan fingerprint density at radius 1 is 1.13 bits per heavy atom. The average Bonchev–Trinajstić information content (AvgIpc) is 2.25. The van der Waals surface area contributed by atoms with Crippen LogP contribution < -0.4 is 0 Å². The molecule has 15 heavy (non-hydrogen) atoms. The van der Waals surface area contributed by atoms with Crippen molar-refractivity contribution in [1.29, 1.82) is 0 Å². The molecule has 0 radical (unpaired) electrons. The molecule has 1 N–H and O–H groups in total. The van der Waals surface area contributed by atoms with E-state index < -0.39 is 5.97 Å². The highest BCUT2D eigenvalue weighted by molar-refractivity contribution is 7.80. The van der Waals surface area contributed by atoms with E-state index in [1.807, 2.05) is 12.1 Å². The van der Waals surface area contributed by atoms with Crippen LogP contribution in [0.5, 0.6) is 0 Å². The van der Waals surface area contributed by atoms with Gasteiger partial charge in [-0.1, -0.05) is 18.6 Å². The van der Waals surface area contributed by atoms with Gasteiger partial charge in [-0.3, -0.25) is 0 Å². The maximum atomic E-state index is 10.6. The number of aromatic carboxylic acids is 1. The molecule has 0 saturated heterocycles. The summed E-state index contributed by atoms with van der Waals surface area (Å²) in [4.78, 5) is 10.6. The summed E-state index contributed by atoms with van der Waals surface area (Å²) < 4.78 is 0. The van der Waals surface area contributed by atoms with Gasteiger partial charge in [-0.15, -0.1) is 0 Å². The van der Waals surface area contributed by atoms with E-state index in [-0.39, 0.29) is 0 Å². The van der Waals surface area contributed by atoms with Crippen LogP contribution in [0, 0.1) is 0 Å². The quantitative estimate of drug-likeness (QED) is 0.575. The molecular weight excluding hydrogens is 208 g/mol. The lowest BCUT2D eigenvalue weighted by molar-refractivity contribution is 0.0697. The van der Waals surface area contributed by atoms with Crippen molar-refractivity contribution in [2.75, 3.05) is 5.75 Å². The Kier molecular flexibility index (Phi) is 5.26. The Hall–Kier alpha value is -0.960. The highest BCUT2D eigenvalue weighted by atomic mass is 32.1. The average molecular weight is 224 g/mol. The molecule has 2 nitrogen and oxygen atoms in total. The fourth-order valence-corrected chi connectivity index (χ4v) is 1.66. The van der Waals surface area contributed by atoms with Crippen LogP contribution in [-0.2, 0) is 6.42 Å². The van der Waals surface area contributed by atoms with E-state index in [0.29, 0.717) is 5.56 Å². The van der Waals surface area contributed by atoms with Gasteiger partial charge in [0.05, 0.1) is 5.56 Å². The Labute approximate surface area is 95.7 Å². The molecule has 0 aliphatic rings. The van der Waals surface area contributed by atoms with Crippen molar-refractivity contribution in [3.8, 4) is 0 Å². The van der Waals surface area contributed by atoms with E-state index in [4.69, 9.17) is 5.11 Å². The van der Waals surface area contributed by atoms with Gasteiger partial charge in [0.25, 0.3) is 0 Å². The molecule has 0 spiro atoms. The van der Waals surface area contributed by atoms with Crippen LogP contribution in [0.3, 0.4) is 0 Å². The predicted octanol–water partition coefficient (Wildman–Crippen LogP) is 3.03. The summed E-state index contributed by atoms with van der Waals surface area (Å²) in [7, 11) is 0. The zero-order chi connectivity index (χ0) is 11.1. The smallest absolute Gasteiger partial charge is 0.335 e. The first-order valence-electron chi connectivity index (χ1n) is 5.17. The number of thiol groups is 1. The van der Waals surface area contributed by atoms with E-state index in [0.717, 1.165) is 25.0 Å². The standard InChI is InChI=1S/C12H16O2S/c13-12(14)11-7-5-10(6-8-11)4-2-1-3-9-15/h5-8,15H,1-4,9H2,(H,13,14). The molecule has 0 unspecified atom stereocenters. The van der Waals surface area contributed by atoms with Gasteiger partial charge in [-0.05, 0) is 42.7 Å². The lowest BCUT2D eigenvalue weighted by Crippen LogP contribution is -1.96. The maximum absolute atomic E-state index is 10.6. The van der Waals surface area contributed by atoms with E-state index in [1.54, 1.807) is 12.1 Å². The zero-order valence-electron chi connectivity index (χ0n) is 8.65. The molecule has 0 fully saturated rings. The molecule has 1 aromatic carbocycles. The number of carbonyl (C=O) groups is 1. The molecule has 1 rings (SSSR count). The van der Waals surface area contributed by atoms with Gasteiger partial charge in [0.2, 0.25) is 0 Å². The first-order chi connectivity index (χ1) is 7.24. The molecule has 0 bridgehead atoms. The van der Waals surface area contributed by atoms with Gasteiger partial charge < -0.3 is 5.11 Å². The summed E-state index contributed by atoms with van der Waals surface area (Å²) >= 11 is 4.15. The summed E-state index contributed by atoms with van der Waals surface area (Å²) in [5.74, 6) is 0.0782. The van der Waals surface area contributed by atoms with E-state index >= 15 is 0 Å². The molecule has 0 aliphatic carbocycles. The summed E-state index contributed by atoms with van der Waals surface area (Å²) in [6.45, 7) is 0. The first-order valence-corrected chi connectivity index (χ1v) is 5.80. The number of unbranched alkanes of at least 4 members (excludes halogenated alkanes) is 2. The second-order valence-corrected chi connectivity index (χ2v) is 3.98. The number of carboxylic acid groups (broad SMARTS) is 1. The number of benzene rings is 1. The number of rotatable bonds is 6. The highest BCUT2D eigenvalue weighted by Gasteiger charge is 2.01. The largest absolute Gasteiger partial charge is 0.478 e. The third-order valence-electron chi connectivity index (χ3n) is 2.32. The Morgan fingerprint density at radius 2 is 1.80 bits per heavy atom. The molecule has 0 aliphatic heterocycles. The van der Waals surface area contributed by atoms with Gasteiger partial charge in [0, 0.05) is 0 Å². The van der Waals surface area contributed by atoms with Crippen LogP contribution in [-0.4, -0.2) is 16.8 Å². The van der Waals surface area contributed by atoms with Gasteiger partial charge in [-0.2, -0.15) is 12.6 Å². The van der Waals surface area contributed by atoms with E-state index in [1.165, 1.54) is 12.0 Å². The lowest BCUT2D eigenvalue weighted by atomic mass is 10.1. The van der Waals surface area contributed by atoms with Crippen molar-refractivity contribution >= 4 is 18.6 Å². The van der Waals surface area contributed by atoms with Crippen molar-refractivity contribution in [1.82, 2.24) is 0 Å². The van der Waals surface area contributed by atoms with Crippen molar-refractivity contribution in [2.24, 2.45) is 0 Å². The predicted molar refractivity (Wildman–Crippen MR) is 64.8 cm³/mol. The van der Waals surface area contributed by atoms with Gasteiger partial charge >= 0.3 is 5.97 Å². The van der Waals surface area contributed by atoms with Gasteiger partial charge in [0.1, 0.15) is 0 Å². The van der Waals surface area contributed by atoms with Crippen LogP contribution in [0.1, 0.15) is 35.2 Å². The fourth-order valence-electron chi connectivity index (χ4n) is 1.43. The van der Waals surface area contributed by atoms with Crippen molar-refractivity contribution in [3.63, 3.8) is 0 Å². The van der Waals surface area contributed by atoms with Crippen molar-refractivity contribution in [3.05, 3.63) is 35.4 Å². The maximum Gasteiger partial charge on any atom is 0.335 e. The second kappa shape index (κ2) is 6.51. The van der Waals surface area contributed by atoms with Crippen LogP contribution >= 0.6 is 12.6 Å². The Morgan fingerprint density at radius 3 is 2.33 bits per heavy atom. The summed E-state index contributed by atoms with van der Waals surface area (Å²) in [6.07, 6.45) is 4.50. The molecule has 0 amide bonds. The topological polar surface area (TPSA) is 37.3 Å². The molecule has 0 aromatic heterocycles. The third kappa shape index (κ3) is 4.38. The zero-order valence-corrected chi connectivity index (χ0v) is 9.54. The van der Waals surface area contributed by atoms with Crippen LogP contribution in [0.25, 0.3) is 0 Å². The number of carboxylic acids is 1. The summed E-state index contributed by atoms with van der Waals surface area (Å²) in [5.41, 5.74) is 1.56. The summed E-state index contributed by atoms with van der Waals surface area (Å²) in [6, 6.07) is 7.11. The number of hydrogen-bond donors (Lipinski definition) is 2. The van der Waals surface area contributed by atoms with Crippen molar-refractivity contribution < 1.29 is 9.90 Å². The Bertz CT molecular complexity index is 306. The second-order valence-electron chi connectivity index (χ2n) is 3.54. The van der Waals surface area contributed by atoms with Crippen molar-refractivity contribution in [2.45, 2.75) is 25.7 Å². The minimum atomic E-state index is -0.864. The van der Waals surface area contributed by atoms with Crippen LogP contribution in [0.2, 0.25) is 0 Å².